The van der Waals surface area contributed by atoms with Gasteiger partial charge in [-0.15, -0.1) is 0 Å². The molecule has 2 saturated heterocycles. The van der Waals surface area contributed by atoms with Gasteiger partial charge in [-0.3, -0.25) is 4.79 Å². The van der Waals surface area contributed by atoms with Crippen molar-refractivity contribution < 1.29 is 64.6 Å². The Kier molecular flexibility index (Phi) is 59.2. The zero-order valence-corrected chi connectivity index (χ0v) is 59.6. The maximum Gasteiger partial charge on any atom is 0.220 e. The number of hydrogen-bond donors (Lipinski definition) is 9. The molecule has 12 unspecified atom stereocenters. The van der Waals surface area contributed by atoms with Gasteiger partial charge in [0.25, 0.3) is 0 Å². The van der Waals surface area contributed by atoms with E-state index in [2.05, 4.69) is 31.3 Å². The van der Waals surface area contributed by atoms with Crippen molar-refractivity contribution in [3.05, 3.63) is 24.3 Å². The minimum Gasteiger partial charge on any atom is -0.394 e. The highest BCUT2D eigenvalue weighted by molar-refractivity contribution is 5.76. The number of carbonyl (C=O) groups is 1. The van der Waals surface area contributed by atoms with Gasteiger partial charge < -0.3 is 65.1 Å². The highest BCUT2D eigenvalue weighted by atomic mass is 16.7. The van der Waals surface area contributed by atoms with Crippen molar-refractivity contribution in [1.82, 2.24) is 5.32 Å². The van der Waals surface area contributed by atoms with Gasteiger partial charge in [-0.2, -0.15) is 0 Å². The molecule has 12 atom stereocenters. The third kappa shape index (κ3) is 45.9. The maximum atomic E-state index is 13.4. The molecule has 0 aromatic rings. The summed E-state index contributed by atoms with van der Waals surface area (Å²) in [6, 6.07) is -0.914. The number of nitrogens with one attached hydrogen (secondary N) is 1. The number of hydrogen-bond acceptors (Lipinski definition) is 13. The van der Waals surface area contributed by atoms with Crippen LogP contribution in [0.1, 0.15) is 373 Å². The summed E-state index contributed by atoms with van der Waals surface area (Å²) in [7, 11) is 0. The van der Waals surface area contributed by atoms with E-state index in [9.17, 15) is 45.6 Å². The van der Waals surface area contributed by atoms with Crippen LogP contribution in [-0.2, 0) is 23.7 Å². The molecule has 14 heteroatoms. The third-order valence-corrected chi connectivity index (χ3v) is 19.6. The van der Waals surface area contributed by atoms with Crippen LogP contribution in [0, 0.1) is 0 Å². The Hall–Kier alpha value is -1.53. The summed E-state index contributed by atoms with van der Waals surface area (Å²) >= 11 is 0. The zero-order chi connectivity index (χ0) is 66.6. The number of aliphatic hydroxyl groups excluding tert-OH is 8. The monoisotopic (exact) mass is 1310 g/mol. The van der Waals surface area contributed by atoms with Crippen molar-refractivity contribution in [3.63, 3.8) is 0 Å². The van der Waals surface area contributed by atoms with E-state index in [4.69, 9.17) is 18.9 Å². The Morgan fingerprint density at radius 2 is 0.685 bits per heavy atom. The molecule has 2 aliphatic heterocycles. The van der Waals surface area contributed by atoms with Crippen LogP contribution < -0.4 is 5.32 Å². The number of allylic oxidation sites excluding steroid dienone is 3. The predicted octanol–water partition coefficient (Wildman–Crippen LogP) is 17.5. The molecule has 0 spiro atoms. The van der Waals surface area contributed by atoms with Crippen LogP contribution in [0.3, 0.4) is 0 Å². The molecule has 9 N–H and O–H groups in total. The van der Waals surface area contributed by atoms with Gasteiger partial charge in [-0.05, 0) is 44.9 Å². The highest BCUT2D eigenvalue weighted by Crippen LogP contribution is 2.30. The van der Waals surface area contributed by atoms with Crippen LogP contribution in [-0.4, -0.2) is 140 Å². The molecule has 92 heavy (non-hydrogen) atoms. The van der Waals surface area contributed by atoms with Gasteiger partial charge in [0.05, 0.1) is 32.0 Å². The third-order valence-electron chi connectivity index (χ3n) is 19.6. The van der Waals surface area contributed by atoms with Crippen LogP contribution >= 0.6 is 0 Å². The first-order valence-corrected chi connectivity index (χ1v) is 39.6. The van der Waals surface area contributed by atoms with Crippen molar-refractivity contribution in [2.45, 2.75) is 447 Å². The van der Waals surface area contributed by atoms with Gasteiger partial charge in [0.1, 0.15) is 48.8 Å². The molecule has 0 aromatic carbocycles. The maximum absolute atomic E-state index is 13.4. The number of aliphatic hydroxyl groups is 8. The average molecular weight is 1310 g/mol. The summed E-state index contributed by atoms with van der Waals surface area (Å²) in [6.45, 7) is 2.87. The topological polar surface area (TPSA) is 228 Å². The number of carbonyl (C=O) groups excluding carboxylic acids is 1. The molecule has 0 aromatic heterocycles. The van der Waals surface area contributed by atoms with Gasteiger partial charge in [0.2, 0.25) is 5.91 Å². The van der Waals surface area contributed by atoms with Gasteiger partial charge in [-0.25, -0.2) is 0 Å². The molecule has 2 fully saturated rings. The first-order valence-electron chi connectivity index (χ1n) is 39.6. The molecular formula is C78H149NO13. The molecule has 2 aliphatic rings. The lowest BCUT2D eigenvalue weighted by Crippen LogP contribution is -2.65. The molecule has 2 heterocycles. The molecule has 544 valence electrons. The van der Waals surface area contributed by atoms with Gasteiger partial charge >= 0.3 is 0 Å². The average Bonchev–Trinajstić information content (AvgIpc) is 0.844. The van der Waals surface area contributed by atoms with E-state index in [-0.39, 0.29) is 18.9 Å². The SMILES string of the molecule is CCCCCCCCCC/C=C\CCCCCCCCCCCCCCCCCCCCCC(=O)NC(COC1OC(CO)C(OC2OC(CO)C(O)C(O)C2O)C(O)C1O)C(O)/C=C/CCCCCCCCCCCCCCCCCCCCCCCCCCC. The Labute approximate surface area is 564 Å². The Morgan fingerprint density at radius 3 is 1.03 bits per heavy atom. The minimum atomic E-state index is -1.79. The molecule has 0 radical (unpaired) electrons. The number of unbranched alkanes of at least 4 members (excludes halogenated alkanes) is 52. The second-order valence-corrected chi connectivity index (χ2v) is 28.2. The summed E-state index contributed by atoms with van der Waals surface area (Å²) in [5, 5.41) is 87.7. The van der Waals surface area contributed by atoms with Gasteiger partial charge in [0.15, 0.2) is 12.6 Å². The van der Waals surface area contributed by atoms with Gasteiger partial charge in [-0.1, -0.05) is 346 Å². The molecule has 0 aliphatic carbocycles. The quantitative estimate of drug-likeness (QED) is 0.0204. The number of rotatable bonds is 67. The van der Waals surface area contributed by atoms with E-state index in [0.29, 0.717) is 6.42 Å². The van der Waals surface area contributed by atoms with E-state index in [0.717, 1.165) is 38.5 Å². The smallest absolute Gasteiger partial charge is 0.220 e. The summed E-state index contributed by atoms with van der Waals surface area (Å²) in [5.74, 6) is -0.230. The van der Waals surface area contributed by atoms with Crippen molar-refractivity contribution in [3.8, 4) is 0 Å². The van der Waals surface area contributed by atoms with E-state index < -0.39 is 86.8 Å². The zero-order valence-electron chi connectivity index (χ0n) is 59.6. The van der Waals surface area contributed by atoms with E-state index in [1.165, 1.54) is 308 Å². The number of amides is 1. The second kappa shape index (κ2) is 63.0. The highest BCUT2D eigenvalue weighted by Gasteiger charge is 2.51. The number of ether oxygens (including phenoxy) is 4. The van der Waals surface area contributed by atoms with Crippen LogP contribution in [0.2, 0.25) is 0 Å². The fourth-order valence-corrected chi connectivity index (χ4v) is 13.4. The molecule has 14 nitrogen and oxygen atoms in total. The minimum absolute atomic E-state index is 0.230. The second-order valence-electron chi connectivity index (χ2n) is 28.2. The Bertz CT molecular complexity index is 1640. The molecule has 2 rings (SSSR count). The lowest BCUT2D eigenvalue weighted by molar-refractivity contribution is -0.359. The summed E-state index contributed by atoms with van der Waals surface area (Å²) in [4.78, 5) is 13.4. The lowest BCUT2D eigenvalue weighted by atomic mass is 9.97. The standard InChI is InChI=1S/C78H149NO13/c1-3-5-7-9-11-13-15-17-19-21-23-25-27-29-31-32-33-34-36-38-40-42-44-46-48-50-52-54-56-58-60-62-70(83)79-66(65-89-77-75(88)73(86)76(69(64-81)91-77)92-78-74(87)72(85)71(84)68(63-80)90-78)67(82)61-59-57-55-53-51-49-47-45-43-41-39-37-35-30-28-26-24-22-20-18-16-14-12-10-8-6-4-2/h21,23,59,61,66-69,71-78,80-82,84-88H,3-20,22,24-58,60,62-65H2,1-2H3,(H,79,83)/b23-21-,61-59+. The van der Waals surface area contributed by atoms with Crippen LogP contribution in [0.5, 0.6) is 0 Å². The first kappa shape index (κ1) is 86.6. The van der Waals surface area contributed by atoms with E-state index >= 15 is 0 Å². The Balaban J connectivity index is 1.62. The summed E-state index contributed by atoms with van der Waals surface area (Å²) in [5.41, 5.74) is 0. The summed E-state index contributed by atoms with van der Waals surface area (Å²) < 4.78 is 22.9. The predicted molar refractivity (Wildman–Crippen MR) is 378 cm³/mol. The van der Waals surface area contributed by atoms with Crippen molar-refractivity contribution in [2.75, 3.05) is 19.8 Å². The first-order chi connectivity index (χ1) is 45.1. The van der Waals surface area contributed by atoms with E-state index in [1.807, 2.05) is 6.08 Å². The van der Waals surface area contributed by atoms with Crippen molar-refractivity contribution in [1.29, 1.82) is 0 Å². The summed E-state index contributed by atoms with van der Waals surface area (Å²) in [6.07, 6.45) is 64.0. The van der Waals surface area contributed by atoms with E-state index in [1.54, 1.807) is 6.08 Å². The fraction of sp³-hybridized carbons (Fsp3) is 0.936. The van der Waals surface area contributed by atoms with Crippen LogP contribution in [0.4, 0.5) is 0 Å². The largest absolute Gasteiger partial charge is 0.394 e. The van der Waals surface area contributed by atoms with Crippen molar-refractivity contribution >= 4 is 5.91 Å². The molecule has 0 saturated carbocycles. The molecular weight excluding hydrogens is 1160 g/mol. The normalized spacial score (nSPS) is 22.7. The lowest BCUT2D eigenvalue weighted by Gasteiger charge is -2.46. The van der Waals surface area contributed by atoms with Crippen LogP contribution in [0.15, 0.2) is 24.3 Å². The van der Waals surface area contributed by atoms with Gasteiger partial charge in [0, 0.05) is 6.42 Å². The Morgan fingerprint density at radius 1 is 0.380 bits per heavy atom. The fourth-order valence-electron chi connectivity index (χ4n) is 13.4. The van der Waals surface area contributed by atoms with Crippen LogP contribution in [0.25, 0.3) is 0 Å². The molecule has 0 bridgehead atoms. The molecule has 1 amide bonds. The van der Waals surface area contributed by atoms with Crippen molar-refractivity contribution in [2.24, 2.45) is 0 Å².